The summed E-state index contributed by atoms with van der Waals surface area (Å²) in [6.45, 7) is 4.14. The van der Waals surface area contributed by atoms with Crippen LogP contribution in [0.15, 0.2) is 0 Å². The molecule has 0 amide bonds. The first-order valence-corrected chi connectivity index (χ1v) is 8.53. The van der Waals surface area contributed by atoms with E-state index in [-0.39, 0.29) is 24.7 Å². The van der Waals surface area contributed by atoms with Crippen molar-refractivity contribution in [2.45, 2.75) is 13.8 Å². The van der Waals surface area contributed by atoms with E-state index >= 15 is 0 Å². The fourth-order valence-corrected chi connectivity index (χ4v) is 3.79. The summed E-state index contributed by atoms with van der Waals surface area (Å²) in [6, 6.07) is 0. The predicted octanol–water partition coefficient (Wildman–Crippen LogP) is -0.691. The molecule has 0 rings (SSSR count). The Balaban J connectivity index is 4.19. The maximum Gasteiger partial charge on any atom is 0.226 e. The van der Waals surface area contributed by atoms with Gasteiger partial charge in [0.05, 0.1) is 24.7 Å². The number of rotatable bonds is 10. The van der Waals surface area contributed by atoms with Gasteiger partial charge in [0.1, 0.15) is 0 Å². The van der Waals surface area contributed by atoms with Gasteiger partial charge in [-0.05, 0) is 13.8 Å². The Hall–Kier alpha value is -0.220. The quantitative estimate of drug-likeness (QED) is 0.534. The minimum absolute atomic E-state index is 0.0349. The van der Waals surface area contributed by atoms with Gasteiger partial charge in [-0.3, -0.25) is 0 Å². The first-order valence-electron chi connectivity index (χ1n) is 5.22. The summed E-state index contributed by atoms with van der Waals surface area (Å²) < 4.78 is 56.7. The topological polar surface area (TPSA) is 98.8 Å². The smallest absolute Gasteiger partial charge is 0.226 e. The van der Waals surface area contributed by atoms with E-state index in [2.05, 4.69) is 0 Å². The molecule has 104 valence electrons. The third kappa shape index (κ3) is 9.48. The maximum atomic E-state index is 11.3. The van der Waals surface area contributed by atoms with E-state index in [4.69, 9.17) is 9.47 Å². The number of sulfonamides is 2. The van der Waals surface area contributed by atoms with E-state index in [1.165, 1.54) is 0 Å². The first-order chi connectivity index (χ1) is 7.83. The van der Waals surface area contributed by atoms with Crippen LogP contribution >= 0.6 is 0 Å². The average Bonchev–Trinajstić information content (AvgIpc) is 2.16. The van der Waals surface area contributed by atoms with Gasteiger partial charge in [0.15, 0.2) is 0 Å². The van der Waals surface area contributed by atoms with Crippen LogP contribution in [0.1, 0.15) is 13.8 Å². The van der Waals surface area contributed by atoms with E-state index in [9.17, 15) is 16.8 Å². The van der Waals surface area contributed by atoms with E-state index in [1.807, 2.05) is 0 Å². The molecule has 0 spiro atoms. The van der Waals surface area contributed by atoms with Gasteiger partial charge in [0.2, 0.25) is 20.0 Å². The fraction of sp³-hybridized carbons (Fsp3) is 1.00. The molecular weight excluding hydrogens is 270 g/mol. The van der Waals surface area contributed by atoms with E-state index < -0.39 is 20.0 Å². The average molecular weight is 289 g/mol. The van der Waals surface area contributed by atoms with Gasteiger partial charge in [0, 0.05) is 13.2 Å². The fourth-order valence-electron chi connectivity index (χ4n) is 0.903. The molecule has 1 N–H and O–H groups in total. The van der Waals surface area contributed by atoms with Gasteiger partial charge >= 0.3 is 0 Å². The molecule has 0 saturated heterocycles. The maximum absolute atomic E-state index is 11.3. The van der Waals surface area contributed by atoms with Crippen molar-refractivity contribution in [1.29, 1.82) is 0 Å². The zero-order chi connectivity index (χ0) is 13.4. The summed E-state index contributed by atoms with van der Waals surface area (Å²) in [7, 11) is -7.73. The Bertz CT molecular complexity index is 350. The van der Waals surface area contributed by atoms with Gasteiger partial charge in [-0.15, -0.1) is 4.13 Å². The Morgan fingerprint density at radius 1 is 0.824 bits per heavy atom. The molecule has 0 aromatic rings. The van der Waals surface area contributed by atoms with Crippen molar-refractivity contribution in [1.82, 2.24) is 4.13 Å². The lowest BCUT2D eigenvalue weighted by molar-refractivity contribution is 0.163. The van der Waals surface area contributed by atoms with Crippen LogP contribution in [0.25, 0.3) is 0 Å². The Morgan fingerprint density at radius 3 is 1.47 bits per heavy atom. The lowest BCUT2D eigenvalue weighted by atomic mass is 10.8. The summed E-state index contributed by atoms with van der Waals surface area (Å²) in [5.74, 6) is -0.761. The van der Waals surface area contributed by atoms with Crippen molar-refractivity contribution in [3.8, 4) is 0 Å². The molecule has 7 nitrogen and oxygen atoms in total. The standard InChI is InChI=1S/C8H19NO6S2/c1-3-14-5-7-16(10,11)9-17(12,13)8-6-15-4-2/h9H,3-8H2,1-2H3. The van der Waals surface area contributed by atoms with Crippen LogP contribution in [0.5, 0.6) is 0 Å². The molecule has 0 atom stereocenters. The Kier molecular flexibility index (Phi) is 7.88. The van der Waals surface area contributed by atoms with Crippen molar-refractivity contribution < 1.29 is 26.3 Å². The van der Waals surface area contributed by atoms with Crippen LogP contribution in [0.2, 0.25) is 0 Å². The van der Waals surface area contributed by atoms with E-state index in [0.29, 0.717) is 13.2 Å². The molecule has 0 radical (unpaired) electrons. The summed E-state index contributed by atoms with van der Waals surface area (Å²) in [5, 5.41) is 0. The summed E-state index contributed by atoms with van der Waals surface area (Å²) in [6.07, 6.45) is 0. The Morgan fingerprint density at radius 2 is 1.18 bits per heavy atom. The van der Waals surface area contributed by atoms with Crippen molar-refractivity contribution in [2.24, 2.45) is 0 Å². The SMILES string of the molecule is CCOCCS(=O)(=O)NS(=O)(=O)CCOCC. The molecule has 0 unspecified atom stereocenters. The molecule has 0 bridgehead atoms. The molecule has 0 aliphatic carbocycles. The van der Waals surface area contributed by atoms with Crippen molar-refractivity contribution in [2.75, 3.05) is 37.9 Å². The van der Waals surface area contributed by atoms with Crippen molar-refractivity contribution in [3.05, 3.63) is 0 Å². The summed E-state index contributed by atoms with van der Waals surface area (Å²) >= 11 is 0. The van der Waals surface area contributed by atoms with Crippen LogP contribution in [-0.4, -0.2) is 54.8 Å². The number of nitrogens with one attached hydrogen (secondary N) is 1. The van der Waals surface area contributed by atoms with Gasteiger partial charge < -0.3 is 9.47 Å². The van der Waals surface area contributed by atoms with Crippen molar-refractivity contribution >= 4 is 20.0 Å². The van der Waals surface area contributed by atoms with Crippen LogP contribution in [0, 0.1) is 0 Å². The van der Waals surface area contributed by atoms with Gasteiger partial charge in [-0.25, -0.2) is 16.8 Å². The largest absolute Gasteiger partial charge is 0.381 e. The predicted molar refractivity (Wildman–Crippen MR) is 63.7 cm³/mol. The minimum Gasteiger partial charge on any atom is -0.381 e. The zero-order valence-corrected chi connectivity index (χ0v) is 11.6. The monoisotopic (exact) mass is 289 g/mol. The van der Waals surface area contributed by atoms with Crippen LogP contribution < -0.4 is 4.13 Å². The number of hydrogen-bond donors (Lipinski definition) is 1. The van der Waals surface area contributed by atoms with E-state index in [0.717, 1.165) is 0 Å². The normalized spacial score (nSPS) is 12.8. The highest BCUT2D eigenvalue weighted by Crippen LogP contribution is 1.93. The molecule has 0 saturated carbocycles. The number of hydrogen-bond acceptors (Lipinski definition) is 6. The molecule has 0 aromatic carbocycles. The first kappa shape index (κ1) is 16.8. The second-order valence-corrected chi connectivity index (χ2v) is 7.06. The highest BCUT2D eigenvalue weighted by Gasteiger charge is 2.20. The highest BCUT2D eigenvalue weighted by molar-refractivity contribution is 8.04. The van der Waals surface area contributed by atoms with Gasteiger partial charge in [0.25, 0.3) is 0 Å². The molecule has 0 aliphatic rings. The summed E-state index contributed by atoms with van der Waals surface area (Å²) in [5.41, 5.74) is 0. The lowest BCUT2D eigenvalue weighted by Crippen LogP contribution is -2.36. The Labute approximate surface area is 103 Å². The lowest BCUT2D eigenvalue weighted by Gasteiger charge is -2.07. The van der Waals surface area contributed by atoms with Crippen LogP contribution in [0.3, 0.4) is 0 Å². The third-order valence-electron chi connectivity index (χ3n) is 1.65. The zero-order valence-electron chi connectivity index (χ0n) is 10.0. The van der Waals surface area contributed by atoms with Crippen LogP contribution in [0.4, 0.5) is 0 Å². The van der Waals surface area contributed by atoms with E-state index in [1.54, 1.807) is 18.0 Å². The second kappa shape index (κ2) is 7.98. The third-order valence-corrected chi connectivity index (χ3v) is 5.09. The minimum atomic E-state index is -3.87. The second-order valence-electron chi connectivity index (χ2n) is 3.11. The van der Waals surface area contributed by atoms with Crippen LogP contribution in [-0.2, 0) is 29.5 Å². The molecular formula is C8H19NO6S2. The molecule has 9 heteroatoms. The molecule has 0 aromatic heterocycles. The molecule has 0 fully saturated rings. The summed E-state index contributed by atoms with van der Waals surface area (Å²) in [4.78, 5) is 0. The molecule has 17 heavy (non-hydrogen) atoms. The van der Waals surface area contributed by atoms with Crippen molar-refractivity contribution in [3.63, 3.8) is 0 Å². The molecule has 0 aliphatic heterocycles. The van der Waals surface area contributed by atoms with Gasteiger partial charge in [-0.1, -0.05) is 0 Å². The highest BCUT2D eigenvalue weighted by atomic mass is 32.3. The number of ether oxygens (including phenoxy) is 2. The molecule has 0 heterocycles. The van der Waals surface area contributed by atoms with Gasteiger partial charge in [-0.2, -0.15) is 0 Å².